The lowest BCUT2D eigenvalue weighted by molar-refractivity contribution is -0.142. The highest BCUT2D eigenvalue weighted by Gasteiger charge is 2.21. The molecule has 0 aromatic heterocycles. The smallest absolute Gasteiger partial charge is 0.307 e. The van der Waals surface area contributed by atoms with Crippen LogP contribution in [0, 0.1) is 5.92 Å². The van der Waals surface area contributed by atoms with Gasteiger partial charge in [0.25, 0.3) is 0 Å². The van der Waals surface area contributed by atoms with Crippen molar-refractivity contribution in [2.24, 2.45) is 5.92 Å². The van der Waals surface area contributed by atoms with E-state index in [1.807, 2.05) is 0 Å². The van der Waals surface area contributed by atoms with E-state index in [1.54, 1.807) is 6.92 Å². The largest absolute Gasteiger partial charge is 0.466 e. The Kier molecular flexibility index (Phi) is 6.63. The number of esters is 1. The molecule has 18 heavy (non-hydrogen) atoms. The van der Waals surface area contributed by atoms with Crippen LogP contribution in [0.25, 0.3) is 0 Å². The molecular weight excluding hydrogens is 254 g/mol. The van der Waals surface area contributed by atoms with Crippen LogP contribution in [0.1, 0.15) is 45.4 Å². The number of carbonyl (C=O) groups excluding carboxylic acids is 1. The van der Waals surface area contributed by atoms with Crippen molar-refractivity contribution in [1.29, 1.82) is 0 Å². The van der Waals surface area contributed by atoms with Crippen molar-refractivity contribution >= 4 is 16.0 Å². The molecule has 1 N–H and O–H groups in total. The molecule has 1 aliphatic rings. The summed E-state index contributed by atoms with van der Waals surface area (Å²) in [6.07, 6.45) is 5.56. The summed E-state index contributed by atoms with van der Waals surface area (Å²) in [6.45, 7) is 2.19. The zero-order valence-electron chi connectivity index (χ0n) is 11.0. The van der Waals surface area contributed by atoms with E-state index in [0.717, 1.165) is 25.7 Å². The van der Waals surface area contributed by atoms with Gasteiger partial charge in [0.05, 0.1) is 18.8 Å². The summed E-state index contributed by atoms with van der Waals surface area (Å²) in [6, 6.07) is 0. The third-order valence-corrected chi connectivity index (χ3v) is 4.69. The van der Waals surface area contributed by atoms with Gasteiger partial charge in [-0.1, -0.05) is 19.3 Å². The van der Waals surface area contributed by atoms with Gasteiger partial charge in [-0.15, -0.1) is 0 Å². The van der Waals surface area contributed by atoms with E-state index in [1.165, 1.54) is 6.42 Å². The Hall–Kier alpha value is -0.620. The summed E-state index contributed by atoms with van der Waals surface area (Å²) in [5.74, 6) is 0.104. The van der Waals surface area contributed by atoms with E-state index in [9.17, 15) is 13.2 Å². The second-order valence-corrected chi connectivity index (χ2v) is 6.59. The van der Waals surface area contributed by atoms with E-state index in [0.29, 0.717) is 6.61 Å². The Morgan fingerprint density at radius 3 is 2.56 bits per heavy atom. The highest BCUT2D eigenvalue weighted by molar-refractivity contribution is 7.89. The Balaban J connectivity index is 2.24. The van der Waals surface area contributed by atoms with E-state index in [-0.39, 0.29) is 30.6 Å². The molecule has 0 bridgehead atoms. The average Bonchev–Trinajstić information content (AvgIpc) is 2.29. The number of ether oxygens (including phenoxy) is 1. The quantitative estimate of drug-likeness (QED) is 0.715. The summed E-state index contributed by atoms with van der Waals surface area (Å²) in [5.41, 5.74) is 0. The number of hydrogen-bond acceptors (Lipinski definition) is 4. The van der Waals surface area contributed by atoms with Crippen molar-refractivity contribution < 1.29 is 17.9 Å². The number of hydrogen-bond donors (Lipinski definition) is 1. The van der Waals surface area contributed by atoms with Gasteiger partial charge in [0.2, 0.25) is 10.0 Å². The minimum atomic E-state index is -3.25. The van der Waals surface area contributed by atoms with E-state index in [4.69, 9.17) is 4.74 Å². The average molecular weight is 277 g/mol. The number of sulfonamides is 1. The van der Waals surface area contributed by atoms with Gasteiger partial charge in [0, 0.05) is 6.54 Å². The lowest BCUT2D eigenvalue weighted by Crippen LogP contribution is -2.32. The van der Waals surface area contributed by atoms with Crippen molar-refractivity contribution in [2.45, 2.75) is 45.4 Å². The van der Waals surface area contributed by atoms with Gasteiger partial charge in [0.1, 0.15) is 0 Å². The first-order valence-electron chi connectivity index (χ1n) is 6.66. The molecule has 1 saturated carbocycles. The molecule has 1 rings (SSSR count). The van der Waals surface area contributed by atoms with E-state index in [2.05, 4.69) is 4.72 Å². The lowest BCUT2D eigenvalue weighted by Gasteiger charge is -2.21. The monoisotopic (exact) mass is 277 g/mol. The van der Waals surface area contributed by atoms with Crippen molar-refractivity contribution in [2.75, 3.05) is 18.9 Å². The second-order valence-electron chi connectivity index (χ2n) is 4.73. The number of nitrogens with one attached hydrogen (secondary N) is 1. The fourth-order valence-corrected chi connectivity index (χ4v) is 3.75. The summed E-state index contributed by atoms with van der Waals surface area (Å²) in [7, 11) is -3.25. The molecule has 0 aliphatic heterocycles. The molecule has 1 aliphatic carbocycles. The second kappa shape index (κ2) is 7.74. The minimum absolute atomic E-state index is 0.0950. The SMILES string of the molecule is CCOC(=O)CCNS(=O)(=O)CC1CCCCC1. The molecule has 0 amide bonds. The highest BCUT2D eigenvalue weighted by Crippen LogP contribution is 2.24. The predicted octanol–water partition coefficient (Wildman–Crippen LogP) is 1.44. The van der Waals surface area contributed by atoms with Crippen molar-refractivity contribution in [3.05, 3.63) is 0 Å². The molecule has 0 atom stereocenters. The van der Waals surface area contributed by atoms with Crippen LogP contribution in [0.2, 0.25) is 0 Å². The van der Waals surface area contributed by atoms with Gasteiger partial charge in [-0.2, -0.15) is 0 Å². The van der Waals surface area contributed by atoms with Crippen LogP contribution in [0.3, 0.4) is 0 Å². The molecule has 1 fully saturated rings. The standard InChI is InChI=1S/C12H23NO4S/c1-2-17-12(14)8-9-13-18(15,16)10-11-6-4-3-5-7-11/h11,13H,2-10H2,1H3. The fraction of sp³-hybridized carbons (Fsp3) is 0.917. The summed E-state index contributed by atoms with van der Waals surface area (Å²) < 4.78 is 30.7. The first kappa shape index (κ1) is 15.4. The molecule has 0 aromatic rings. The van der Waals surface area contributed by atoms with Gasteiger partial charge in [-0.3, -0.25) is 4.79 Å². The molecule has 0 radical (unpaired) electrons. The first-order chi connectivity index (χ1) is 8.53. The molecule has 106 valence electrons. The van der Waals surface area contributed by atoms with Gasteiger partial charge >= 0.3 is 5.97 Å². The molecule has 5 nitrogen and oxygen atoms in total. The zero-order chi connectivity index (χ0) is 13.4. The van der Waals surface area contributed by atoms with Crippen LogP contribution >= 0.6 is 0 Å². The summed E-state index contributed by atoms with van der Waals surface area (Å²) >= 11 is 0. The Bertz CT molecular complexity index is 347. The fourth-order valence-electron chi connectivity index (χ4n) is 2.26. The Morgan fingerprint density at radius 2 is 1.94 bits per heavy atom. The van der Waals surface area contributed by atoms with Crippen LogP contribution in [-0.4, -0.2) is 33.3 Å². The molecule has 0 heterocycles. The topological polar surface area (TPSA) is 72.5 Å². The number of carbonyl (C=O) groups is 1. The van der Waals surface area contributed by atoms with Gasteiger partial charge < -0.3 is 4.74 Å². The van der Waals surface area contributed by atoms with Crippen molar-refractivity contribution in [1.82, 2.24) is 4.72 Å². The Labute approximate surface area is 109 Å². The molecule has 6 heteroatoms. The highest BCUT2D eigenvalue weighted by atomic mass is 32.2. The minimum Gasteiger partial charge on any atom is -0.466 e. The Morgan fingerprint density at radius 1 is 1.28 bits per heavy atom. The third kappa shape index (κ3) is 6.35. The molecule has 0 spiro atoms. The third-order valence-electron chi connectivity index (χ3n) is 3.14. The van der Waals surface area contributed by atoms with Crippen LogP contribution in [0.5, 0.6) is 0 Å². The molecular formula is C12H23NO4S. The van der Waals surface area contributed by atoms with Gasteiger partial charge in [-0.25, -0.2) is 13.1 Å². The summed E-state index contributed by atoms with van der Waals surface area (Å²) in [5, 5.41) is 0. The van der Waals surface area contributed by atoms with Crippen LogP contribution < -0.4 is 4.72 Å². The molecule has 0 saturated heterocycles. The molecule has 0 aromatic carbocycles. The maximum atomic E-state index is 11.8. The van der Waals surface area contributed by atoms with E-state index < -0.39 is 10.0 Å². The first-order valence-corrected chi connectivity index (χ1v) is 8.31. The normalized spacial score (nSPS) is 17.6. The van der Waals surface area contributed by atoms with Crippen molar-refractivity contribution in [3.8, 4) is 0 Å². The zero-order valence-corrected chi connectivity index (χ0v) is 11.8. The van der Waals surface area contributed by atoms with Crippen LogP contribution in [0.15, 0.2) is 0 Å². The van der Waals surface area contributed by atoms with Gasteiger partial charge in [-0.05, 0) is 25.7 Å². The predicted molar refractivity (Wildman–Crippen MR) is 69.6 cm³/mol. The van der Waals surface area contributed by atoms with Crippen LogP contribution in [0.4, 0.5) is 0 Å². The van der Waals surface area contributed by atoms with Crippen LogP contribution in [-0.2, 0) is 19.6 Å². The molecule has 0 unspecified atom stereocenters. The number of rotatable bonds is 7. The van der Waals surface area contributed by atoms with E-state index >= 15 is 0 Å². The lowest BCUT2D eigenvalue weighted by atomic mass is 9.91. The summed E-state index contributed by atoms with van der Waals surface area (Å²) in [4.78, 5) is 11.1. The maximum Gasteiger partial charge on any atom is 0.307 e. The van der Waals surface area contributed by atoms with Crippen molar-refractivity contribution in [3.63, 3.8) is 0 Å². The maximum absolute atomic E-state index is 11.8. The van der Waals surface area contributed by atoms with Gasteiger partial charge in [0.15, 0.2) is 0 Å².